The number of hydrogen-bond acceptors (Lipinski definition) is 2. The minimum atomic E-state index is 0.534. The maximum atomic E-state index is 3.64. The lowest BCUT2D eigenvalue weighted by Crippen LogP contribution is -2.29. The van der Waals surface area contributed by atoms with Gasteiger partial charge in [-0.05, 0) is 64.1 Å². The summed E-state index contributed by atoms with van der Waals surface area (Å²) < 4.78 is 2.59. The molecule has 1 aromatic heterocycles. The Bertz CT molecular complexity index is 530. The topological polar surface area (TPSA) is 12.0 Å². The molecular weight excluding hydrogens is 294 g/mol. The SMILES string of the molecule is CNC(c1csc2c(Br)cccc12)C1CCC1. The number of benzene rings is 1. The molecule has 1 aromatic carbocycles. The molecule has 1 fully saturated rings. The first-order chi connectivity index (χ1) is 8.31. The van der Waals surface area contributed by atoms with Crippen LogP contribution in [0.3, 0.4) is 0 Å². The Balaban J connectivity index is 2.06. The standard InChI is InChI=1S/C14H16BrNS/c1-16-13(9-4-2-5-9)11-8-17-14-10(11)6-3-7-12(14)15/h3,6-9,13,16H,2,4-5H2,1H3. The smallest absolute Gasteiger partial charge is 0.0488 e. The van der Waals surface area contributed by atoms with Crippen molar-refractivity contribution in [1.29, 1.82) is 0 Å². The highest BCUT2D eigenvalue weighted by molar-refractivity contribution is 9.10. The van der Waals surface area contributed by atoms with Gasteiger partial charge in [0.25, 0.3) is 0 Å². The molecule has 0 saturated heterocycles. The number of halogens is 1. The number of hydrogen-bond donors (Lipinski definition) is 1. The molecule has 3 rings (SSSR count). The summed E-state index contributed by atoms with van der Waals surface area (Å²) >= 11 is 5.49. The number of rotatable bonds is 3. The average Bonchev–Trinajstić information content (AvgIpc) is 2.68. The second-order valence-electron chi connectivity index (χ2n) is 4.76. The molecule has 3 heteroatoms. The lowest BCUT2D eigenvalue weighted by atomic mass is 9.77. The van der Waals surface area contributed by atoms with Gasteiger partial charge in [-0.15, -0.1) is 11.3 Å². The summed E-state index contributed by atoms with van der Waals surface area (Å²) in [6, 6.07) is 7.04. The van der Waals surface area contributed by atoms with Gasteiger partial charge in [-0.3, -0.25) is 0 Å². The van der Waals surface area contributed by atoms with E-state index in [-0.39, 0.29) is 0 Å². The maximum absolute atomic E-state index is 3.64. The molecule has 1 atom stereocenters. The lowest BCUT2D eigenvalue weighted by Gasteiger charge is -2.33. The molecule has 1 aliphatic carbocycles. The molecular formula is C14H16BrNS. The summed E-state index contributed by atoms with van der Waals surface area (Å²) in [6.07, 6.45) is 4.14. The minimum absolute atomic E-state index is 0.534. The predicted octanol–water partition coefficient (Wildman–Crippen LogP) is 4.72. The van der Waals surface area contributed by atoms with Crippen LogP contribution in [0.4, 0.5) is 0 Å². The van der Waals surface area contributed by atoms with E-state index < -0.39 is 0 Å². The zero-order valence-electron chi connectivity index (χ0n) is 9.87. The van der Waals surface area contributed by atoms with Crippen molar-refractivity contribution in [3.63, 3.8) is 0 Å². The monoisotopic (exact) mass is 309 g/mol. The summed E-state index contributed by atoms with van der Waals surface area (Å²) in [5, 5.41) is 7.25. The minimum Gasteiger partial charge on any atom is -0.313 e. The second kappa shape index (κ2) is 4.71. The number of nitrogens with one attached hydrogen (secondary N) is 1. The molecule has 0 bridgehead atoms. The van der Waals surface area contributed by atoms with Crippen LogP contribution in [0.15, 0.2) is 28.1 Å². The summed E-state index contributed by atoms with van der Waals surface area (Å²) in [5.41, 5.74) is 1.48. The van der Waals surface area contributed by atoms with Crippen LogP contribution in [0.5, 0.6) is 0 Å². The highest BCUT2D eigenvalue weighted by atomic mass is 79.9. The fraction of sp³-hybridized carbons (Fsp3) is 0.429. The first-order valence-electron chi connectivity index (χ1n) is 6.14. The Labute approximate surface area is 114 Å². The Kier molecular flexibility index (Phi) is 3.24. The molecule has 2 aromatic rings. The zero-order chi connectivity index (χ0) is 11.8. The molecule has 0 amide bonds. The van der Waals surface area contributed by atoms with Crippen LogP contribution in [0, 0.1) is 5.92 Å². The van der Waals surface area contributed by atoms with E-state index in [9.17, 15) is 0 Å². The molecule has 1 saturated carbocycles. The Morgan fingerprint density at radius 1 is 1.41 bits per heavy atom. The molecule has 1 heterocycles. The summed E-state index contributed by atoms with van der Waals surface area (Å²) in [6.45, 7) is 0. The lowest BCUT2D eigenvalue weighted by molar-refractivity contribution is 0.241. The van der Waals surface area contributed by atoms with Gasteiger partial charge in [-0.25, -0.2) is 0 Å². The van der Waals surface area contributed by atoms with Crippen molar-refractivity contribution in [2.75, 3.05) is 7.05 Å². The summed E-state index contributed by atoms with van der Waals surface area (Å²) in [5.74, 6) is 0.830. The first kappa shape index (κ1) is 11.7. The molecule has 1 nitrogen and oxygen atoms in total. The van der Waals surface area contributed by atoms with Gasteiger partial charge in [0.2, 0.25) is 0 Å². The third-order valence-corrected chi connectivity index (χ3v) is 5.82. The van der Waals surface area contributed by atoms with Crippen molar-refractivity contribution in [3.05, 3.63) is 33.6 Å². The van der Waals surface area contributed by atoms with Crippen molar-refractivity contribution < 1.29 is 0 Å². The molecule has 1 aliphatic rings. The van der Waals surface area contributed by atoms with E-state index in [4.69, 9.17) is 0 Å². The van der Waals surface area contributed by atoms with Gasteiger partial charge in [-0.2, -0.15) is 0 Å². The average molecular weight is 310 g/mol. The van der Waals surface area contributed by atoms with E-state index in [1.165, 1.54) is 39.4 Å². The van der Waals surface area contributed by atoms with Crippen molar-refractivity contribution in [1.82, 2.24) is 5.32 Å². The van der Waals surface area contributed by atoms with Gasteiger partial charge in [0.15, 0.2) is 0 Å². The van der Waals surface area contributed by atoms with E-state index in [0.717, 1.165) is 5.92 Å². The third-order valence-electron chi connectivity index (χ3n) is 3.85. The highest BCUT2D eigenvalue weighted by Crippen LogP contribution is 2.42. The van der Waals surface area contributed by atoms with Gasteiger partial charge in [0, 0.05) is 15.2 Å². The van der Waals surface area contributed by atoms with E-state index in [2.05, 4.69) is 51.9 Å². The largest absolute Gasteiger partial charge is 0.313 e. The second-order valence-corrected chi connectivity index (χ2v) is 6.50. The molecule has 17 heavy (non-hydrogen) atoms. The van der Waals surface area contributed by atoms with Gasteiger partial charge in [0.1, 0.15) is 0 Å². The normalized spacial score (nSPS) is 18.2. The van der Waals surface area contributed by atoms with E-state index in [0.29, 0.717) is 6.04 Å². The fourth-order valence-corrected chi connectivity index (χ4v) is 4.36. The highest BCUT2D eigenvalue weighted by Gasteiger charge is 2.28. The molecule has 0 aliphatic heterocycles. The molecule has 0 radical (unpaired) electrons. The maximum Gasteiger partial charge on any atom is 0.0488 e. The van der Waals surface area contributed by atoms with Crippen LogP contribution in [0.2, 0.25) is 0 Å². The first-order valence-corrected chi connectivity index (χ1v) is 7.81. The predicted molar refractivity (Wildman–Crippen MR) is 78.7 cm³/mol. The molecule has 0 spiro atoms. The Morgan fingerprint density at radius 3 is 2.88 bits per heavy atom. The van der Waals surface area contributed by atoms with Crippen molar-refractivity contribution in [2.24, 2.45) is 5.92 Å². The zero-order valence-corrected chi connectivity index (χ0v) is 12.3. The Hall–Kier alpha value is -0.380. The van der Waals surface area contributed by atoms with Crippen LogP contribution in [0.1, 0.15) is 30.9 Å². The van der Waals surface area contributed by atoms with Crippen molar-refractivity contribution in [3.8, 4) is 0 Å². The summed E-state index contributed by atoms with van der Waals surface area (Å²) in [4.78, 5) is 0. The molecule has 1 unspecified atom stereocenters. The van der Waals surface area contributed by atoms with Crippen LogP contribution in [-0.2, 0) is 0 Å². The van der Waals surface area contributed by atoms with E-state index in [1.54, 1.807) is 0 Å². The molecule has 1 N–H and O–H groups in total. The Morgan fingerprint density at radius 2 is 2.24 bits per heavy atom. The number of thiophene rings is 1. The van der Waals surface area contributed by atoms with Crippen LogP contribution < -0.4 is 5.32 Å². The summed E-state index contributed by atoms with van der Waals surface area (Å²) in [7, 11) is 2.09. The van der Waals surface area contributed by atoms with Crippen LogP contribution in [0.25, 0.3) is 10.1 Å². The van der Waals surface area contributed by atoms with Crippen LogP contribution in [-0.4, -0.2) is 7.05 Å². The van der Waals surface area contributed by atoms with Crippen LogP contribution >= 0.6 is 27.3 Å². The van der Waals surface area contributed by atoms with Gasteiger partial charge < -0.3 is 5.32 Å². The van der Waals surface area contributed by atoms with Gasteiger partial charge >= 0.3 is 0 Å². The third kappa shape index (κ3) is 1.94. The van der Waals surface area contributed by atoms with E-state index in [1.807, 2.05) is 11.3 Å². The fourth-order valence-electron chi connectivity index (χ4n) is 2.70. The van der Waals surface area contributed by atoms with Crippen molar-refractivity contribution >= 4 is 37.4 Å². The van der Waals surface area contributed by atoms with Gasteiger partial charge in [0.05, 0.1) is 0 Å². The molecule has 90 valence electrons. The van der Waals surface area contributed by atoms with Gasteiger partial charge in [-0.1, -0.05) is 18.6 Å². The quantitative estimate of drug-likeness (QED) is 0.864. The van der Waals surface area contributed by atoms with E-state index >= 15 is 0 Å². The number of fused-ring (bicyclic) bond motifs is 1. The van der Waals surface area contributed by atoms with Crippen molar-refractivity contribution in [2.45, 2.75) is 25.3 Å².